The van der Waals surface area contributed by atoms with Crippen molar-refractivity contribution in [1.82, 2.24) is 0 Å². The summed E-state index contributed by atoms with van der Waals surface area (Å²) < 4.78 is 113. The highest BCUT2D eigenvalue weighted by Gasteiger charge is 2.59. The highest BCUT2D eigenvalue weighted by molar-refractivity contribution is 7.10. The number of carbonyl (C=O) groups is 2. The Labute approximate surface area is 239 Å². The van der Waals surface area contributed by atoms with Crippen LogP contribution >= 0.6 is 34.7 Å². The third kappa shape index (κ3) is 5.61. The number of amides is 2. The summed E-state index contributed by atoms with van der Waals surface area (Å²) in [5.41, 5.74) is -8.03. The molecule has 0 spiro atoms. The molecule has 15 heteroatoms. The van der Waals surface area contributed by atoms with Gasteiger partial charge in [0.1, 0.15) is 23.0 Å². The third-order valence-corrected chi connectivity index (χ3v) is 7.30. The largest absolute Gasteiger partial charge is 0.431 e. The summed E-state index contributed by atoms with van der Waals surface area (Å²) in [7, 11) is 0. The van der Waals surface area contributed by atoms with E-state index < -0.39 is 84.9 Å². The van der Waals surface area contributed by atoms with Gasteiger partial charge in [-0.3, -0.25) is 9.59 Å². The second-order valence-electron chi connectivity index (χ2n) is 8.25. The zero-order valence-electron chi connectivity index (χ0n) is 19.8. The minimum absolute atomic E-state index is 0.233. The highest BCUT2D eigenvalue weighted by atomic mass is 35.5. The first-order chi connectivity index (χ1) is 19.2. The Bertz CT molecular complexity index is 1630. The fraction of sp³-hybridized carbons (Fsp3) is 0.0769. The van der Waals surface area contributed by atoms with Crippen LogP contribution in [0.15, 0.2) is 66.0 Å². The lowest BCUT2D eigenvalue weighted by molar-refractivity contribution is -0.218. The number of nitrogens with one attached hydrogen (secondary N) is 1. The van der Waals surface area contributed by atoms with Gasteiger partial charge in [0.25, 0.3) is 17.5 Å². The van der Waals surface area contributed by atoms with Crippen LogP contribution < -0.4 is 9.74 Å². The van der Waals surface area contributed by atoms with Gasteiger partial charge in [-0.05, 0) is 35.7 Å². The van der Waals surface area contributed by atoms with Gasteiger partial charge < -0.3 is 5.32 Å². The lowest BCUT2D eigenvalue weighted by Crippen LogP contribution is -2.38. The molecule has 0 aliphatic carbocycles. The molecule has 1 N–H and O–H groups in total. The van der Waals surface area contributed by atoms with E-state index in [-0.39, 0.29) is 16.6 Å². The van der Waals surface area contributed by atoms with E-state index in [0.717, 1.165) is 30.3 Å². The number of rotatable bonds is 6. The maximum absolute atomic E-state index is 15.5. The van der Waals surface area contributed by atoms with Crippen LogP contribution in [0.2, 0.25) is 5.02 Å². The van der Waals surface area contributed by atoms with E-state index in [2.05, 4.69) is 0 Å². The molecule has 4 nitrogen and oxygen atoms in total. The number of nitrogens with zero attached hydrogens (tertiary/aromatic N) is 1. The van der Waals surface area contributed by atoms with Crippen LogP contribution in [0.25, 0.3) is 0 Å². The predicted octanol–water partition coefficient (Wildman–Crippen LogP) is 8.79. The SMILES string of the molecule is O=C(Nc1cccc(C(=O)N(Cl)c2ccc(C(F)(c3cccs3)C(F)(F)F)cc2Cl)c1F)c1c(F)cc(F)cc1F. The van der Waals surface area contributed by atoms with Crippen molar-refractivity contribution in [3.8, 4) is 0 Å². The van der Waals surface area contributed by atoms with Crippen molar-refractivity contribution in [2.75, 3.05) is 9.74 Å². The molecule has 41 heavy (non-hydrogen) atoms. The molecule has 1 aromatic heterocycles. The molecule has 1 atom stereocenters. The van der Waals surface area contributed by atoms with Crippen molar-refractivity contribution in [2.24, 2.45) is 0 Å². The molecule has 214 valence electrons. The first-order valence-electron chi connectivity index (χ1n) is 11.0. The Morgan fingerprint density at radius 3 is 2.10 bits per heavy atom. The van der Waals surface area contributed by atoms with Crippen molar-refractivity contribution in [2.45, 2.75) is 11.8 Å². The van der Waals surface area contributed by atoms with Gasteiger partial charge in [-0.15, -0.1) is 11.3 Å². The van der Waals surface area contributed by atoms with Gasteiger partial charge in [-0.25, -0.2) is 26.4 Å². The second kappa shape index (κ2) is 11.3. The summed E-state index contributed by atoms with van der Waals surface area (Å²) in [5.74, 6) is -8.68. The molecular weight excluding hydrogens is 627 g/mol. The van der Waals surface area contributed by atoms with Crippen LogP contribution in [0.3, 0.4) is 0 Å². The molecule has 0 aliphatic heterocycles. The zero-order valence-corrected chi connectivity index (χ0v) is 22.1. The number of anilines is 2. The molecule has 0 fully saturated rings. The van der Waals surface area contributed by atoms with E-state index in [1.54, 1.807) is 0 Å². The first-order valence-corrected chi connectivity index (χ1v) is 12.6. The number of alkyl halides is 4. The second-order valence-corrected chi connectivity index (χ2v) is 9.94. The fourth-order valence-electron chi connectivity index (χ4n) is 3.75. The average molecular weight is 639 g/mol. The maximum atomic E-state index is 15.5. The minimum Gasteiger partial charge on any atom is -0.319 e. The van der Waals surface area contributed by atoms with Crippen molar-refractivity contribution >= 4 is 57.9 Å². The van der Waals surface area contributed by atoms with E-state index >= 15 is 8.78 Å². The molecule has 0 bridgehead atoms. The van der Waals surface area contributed by atoms with E-state index in [4.69, 9.17) is 23.4 Å². The Morgan fingerprint density at radius 1 is 0.878 bits per heavy atom. The standard InChI is InChI=1S/C26H12Cl2F8N2O2S/c27-15-9-12(25(33,26(34,35)36)20-5-2-8-41-20)6-7-19(15)38(28)24(40)14-3-1-4-18(22(14)32)37-23(39)21-16(30)10-13(29)11-17(21)31/h1-11H,(H,37,39). The predicted molar refractivity (Wildman–Crippen MR) is 137 cm³/mol. The molecule has 2 amide bonds. The molecule has 0 aliphatic rings. The Balaban J connectivity index is 1.63. The number of hydrogen-bond donors (Lipinski definition) is 1. The van der Waals surface area contributed by atoms with Crippen LogP contribution in [0.5, 0.6) is 0 Å². The summed E-state index contributed by atoms with van der Waals surface area (Å²) in [6, 6.07) is 7.70. The zero-order chi connectivity index (χ0) is 30.3. The molecule has 4 rings (SSSR count). The van der Waals surface area contributed by atoms with Crippen LogP contribution in [0.4, 0.5) is 46.5 Å². The molecule has 0 radical (unpaired) electrons. The van der Waals surface area contributed by atoms with E-state index in [1.165, 1.54) is 11.4 Å². The van der Waals surface area contributed by atoms with Gasteiger partial charge in [0, 0.05) is 29.5 Å². The number of carbonyl (C=O) groups excluding carboxylic acids is 2. The van der Waals surface area contributed by atoms with Gasteiger partial charge in [-0.2, -0.15) is 13.2 Å². The first kappa shape index (κ1) is 30.3. The van der Waals surface area contributed by atoms with Crippen molar-refractivity contribution < 1.29 is 44.7 Å². The maximum Gasteiger partial charge on any atom is 0.431 e. The number of benzene rings is 3. The third-order valence-electron chi connectivity index (χ3n) is 5.70. The fourth-order valence-corrected chi connectivity index (χ4v) is 5.16. The lowest BCUT2D eigenvalue weighted by atomic mass is 9.93. The quantitative estimate of drug-likeness (QED) is 0.169. The number of hydrogen-bond acceptors (Lipinski definition) is 3. The van der Waals surface area contributed by atoms with Crippen molar-refractivity contribution in [3.63, 3.8) is 0 Å². The van der Waals surface area contributed by atoms with Crippen LogP contribution in [-0.4, -0.2) is 18.0 Å². The Hall–Kier alpha value is -3.68. The van der Waals surface area contributed by atoms with Gasteiger partial charge in [0.2, 0.25) is 0 Å². The molecule has 4 aromatic rings. The molecule has 1 heterocycles. The van der Waals surface area contributed by atoms with Gasteiger partial charge in [-0.1, -0.05) is 29.8 Å². The summed E-state index contributed by atoms with van der Waals surface area (Å²) in [6.45, 7) is 0. The summed E-state index contributed by atoms with van der Waals surface area (Å²) >= 11 is 12.6. The van der Waals surface area contributed by atoms with Crippen molar-refractivity contribution in [3.05, 3.63) is 116 Å². The highest BCUT2D eigenvalue weighted by Crippen LogP contribution is 2.50. The van der Waals surface area contributed by atoms with E-state index in [1.807, 2.05) is 5.32 Å². The molecule has 0 saturated carbocycles. The molecular formula is C26H12Cl2F8N2O2S. The average Bonchev–Trinajstić information content (AvgIpc) is 3.43. The number of halogens is 10. The normalized spacial score (nSPS) is 13.0. The van der Waals surface area contributed by atoms with E-state index in [9.17, 15) is 35.9 Å². The molecule has 1 unspecified atom stereocenters. The summed E-state index contributed by atoms with van der Waals surface area (Å²) in [5, 5.41) is 2.52. The summed E-state index contributed by atoms with van der Waals surface area (Å²) in [4.78, 5) is 24.6. The van der Waals surface area contributed by atoms with Gasteiger partial charge in [0.15, 0.2) is 5.82 Å². The minimum atomic E-state index is -5.38. The lowest BCUT2D eigenvalue weighted by Gasteiger charge is -2.28. The summed E-state index contributed by atoms with van der Waals surface area (Å²) in [6.07, 6.45) is -5.38. The monoisotopic (exact) mass is 638 g/mol. The van der Waals surface area contributed by atoms with Gasteiger partial charge in [0.05, 0.1) is 26.8 Å². The van der Waals surface area contributed by atoms with E-state index in [0.29, 0.717) is 23.5 Å². The van der Waals surface area contributed by atoms with Gasteiger partial charge >= 0.3 is 6.18 Å². The van der Waals surface area contributed by atoms with Crippen molar-refractivity contribution in [1.29, 1.82) is 0 Å². The Kier molecular flexibility index (Phi) is 8.35. The topological polar surface area (TPSA) is 49.4 Å². The smallest absolute Gasteiger partial charge is 0.319 e. The van der Waals surface area contributed by atoms with Crippen LogP contribution in [0.1, 0.15) is 31.2 Å². The van der Waals surface area contributed by atoms with Crippen LogP contribution in [0, 0.1) is 23.3 Å². The number of thiophene rings is 1. The molecule has 3 aromatic carbocycles. The van der Waals surface area contributed by atoms with Crippen LogP contribution in [-0.2, 0) is 5.67 Å². The molecule has 0 saturated heterocycles. The Morgan fingerprint density at radius 2 is 1.54 bits per heavy atom.